The van der Waals surface area contributed by atoms with Gasteiger partial charge in [-0.2, -0.15) is 4.31 Å². The number of aryl methyl sites for hydroxylation is 1. The summed E-state index contributed by atoms with van der Waals surface area (Å²) >= 11 is 0. The minimum atomic E-state index is -3.42. The van der Waals surface area contributed by atoms with Crippen molar-refractivity contribution in [3.05, 3.63) is 48.0 Å². The van der Waals surface area contributed by atoms with E-state index in [0.29, 0.717) is 29.8 Å². The van der Waals surface area contributed by atoms with Crippen LogP contribution in [0.2, 0.25) is 0 Å². The number of aromatic nitrogens is 2. The first-order chi connectivity index (χ1) is 13.6. The molecule has 0 aliphatic carbocycles. The van der Waals surface area contributed by atoms with E-state index in [9.17, 15) is 8.42 Å². The summed E-state index contributed by atoms with van der Waals surface area (Å²) in [7, 11) is -3.42. The number of rotatable bonds is 5. The van der Waals surface area contributed by atoms with Crippen molar-refractivity contribution < 1.29 is 13.2 Å². The monoisotopic (exact) mass is 403 g/mol. The van der Waals surface area contributed by atoms with Gasteiger partial charge in [-0.25, -0.2) is 13.4 Å². The zero-order valence-electron chi connectivity index (χ0n) is 16.5. The normalized spacial score (nSPS) is 22.4. The highest BCUT2D eigenvalue weighted by Crippen LogP contribution is 2.29. The van der Waals surface area contributed by atoms with E-state index in [1.165, 1.54) is 0 Å². The van der Waals surface area contributed by atoms with E-state index in [1.54, 1.807) is 28.6 Å². The Morgan fingerprint density at radius 2 is 1.89 bits per heavy atom. The molecule has 6 nitrogen and oxygen atoms in total. The van der Waals surface area contributed by atoms with Gasteiger partial charge >= 0.3 is 0 Å². The van der Waals surface area contributed by atoms with E-state index in [4.69, 9.17) is 9.72 Å². The SMILES string of the molecule is Cc1cnc(C2CCOCC2)n1CC1CCCN(S(=O)(=O)c2ccccc2)C1. The van der Waals surface area contributed by atoms with Gasteiger partial charge in [0.15, 0.2) is 0 Å². The highest BCUT2D eigenvalue weighted by molar-refractivity contribution is 7.89. The summed E-state index contributed by atoms with van der Waals surface area (Å²) in [4.78, 5) is 5.08. The molecule has 0 N–H and O–H groups in total. The van der Waals surface area contributed by atoms with Crippen LogP contribution in [0.4, 0.5) is 0 Å². The highest BCUT2D eigenvalue weighted by atomic mass is 32.2. The number of piperidine rings is 1. The molecule has 2 fully saturated rings. The molecule has 1 atom stereocenters. The van der Waals surface area contributed by atoms with Crippen LogP contribution in [0, 0.1) is 12.8 Å². The Balaban J connectivity index is 1.50. The Bertz CT molecular complexity index is 889. The fourth-order valence-corrected chi connectivity index (χ4v) is 5.97. The molecule has 2 aliphatic heterocycles. The van der Waals surface area contributed by atoms with Crippen LogP contribution in [-0.2, 0) is 21.3 Å². The van der Waals surface area contributed by atoms with Crippen LogP contribution < -0.4 is 0 Å². The second kappa shape index (κ2) is 8.35. The first-order valence-corrected chi connectivity index (χ1v) is 11.6. The predicted octanol–water partition coefficient (Wildman–Crippen LogP) is 3.19. The zero-order valence-corrected chi connectivity index (χ0v) is 17.3. The van der Waals surface area contributed by atoms with Gasteiger partial charge in [0.2, 0.25) is 10.0 Å². The molecule has 1 unspecified atom stereocenters. The van der Waals surface area contributed by atoms with Gasteiger partial charge in [-0.15, -0.1) is 0 Å². The van der Waals surface area contributed by atoms with Crippen LogP contribution in [0.1, 0.15) is 43.1 Å². The number of nitrogens with zero attached hydrogens (tertiary/aromatic N) is 3. The Kier molecular flexibility index (Phi) is 5.85. The van der Waals surface area contributed by atoms with Gasteiger partial charge in [0, 0.05) is 50.7 Å². The lowest BCUT2D eigenvalue weighted by atomic mass is 9.97. The number of sulfonamides is 1. The maximum atomic E-state index is 13.0. The third-order valence-corrected chi connectivity index (χ3v) is 7.86. The van der Waals surface area contributed by atoms with Gasteiger partial charge in [-0.1, -0.05) is 18.2 Å². The molecule has 0 radical (unpaired) electrons. The molecule has 1 aromatic carbocycles. The first kappa shape index (κ1) is 19.6. The fourth-order valence-electron chi connectivity index (χ4n) is 4.39. The second-order valence-corrected chi connectivity index (χ2v) is 9.88. The number of hydrogen-bond donors (Lipinski definition) is 0. The van der Waals surface area contributed by atoms with Crippen LogP contribution in [0.3, 0.4) is 0 Å². The molecular formula is C21H29N3O3S. The molecule has 2 aromatic rings. The summed E-state index contributed by atoms with van der Waals surface area (Å²) in [6.07, 6.45) is 5.92. The van der Waals surface area contributed by atoms with Gasteiger partial charge in [-0.05, 0) is 50.7 Å². The maximum absolute atomic E-state index is 13.0. The highest BCUT2D eigenvalue weighted by Gasteiger charge is 2.31. The van der Waals surface area contributed by atoms with Crippen LogP contribution >= 0.6 is 0 Å². The Morgan fingerprint density at radius 1 is 1.14 bits per heavy atom. The van der Waals surface area contributed by atoms with Crippen LogP contribution in [-0.4, -0.2) is 48.6 Å². The van der Waals surface area contributed by atoms with Crippen molar-refractivity contribution in [2.24, 2.45) is 5.92 Å². The maximum Gasteiger partial charge on any atom is 0.243 e. The van der Waals surface area contributed by atoms with Crippen molar-refractivity contribution in [3.8, 4) is 0 Å². The predicted molar refractivity (Wildman–Crippen MR) is 108 cm³/mol. The molecule has 0 saturated carbocycles. The van der Waals surface area contributed by atoms with Gasteiger partial charge in [0.05, 0.1) is 4.90 Å². The van der Waals surface area contributed by atoms with Gasteiger partial charge < -0.3 is 9.30 Å². The molecule has 2 aliphatic rings. The lowest BCUT2D eigenvalue weighted by Gasteiger charge is -2.33. The Hall–Kier alpha value is -1.70. The molecule has 0 bridgehead atoms. The summed E-state index contributed by atoms with van der Waals surface area (Å²) in [5, 5.41) is 0. The molecule has 28 heavy (non-hydrogen) atoms. The van der Waals surface area contributed by atoms with Crippen LogP contribution in [0.5, 0.6) is 0 Å². The zero-order chi connectivity index (χ0) is 19.6. The largest absolute Gasteiger partial charge is 0.381 e. The number of imidazole rings is 1. The quantitative estimate of drug-likeness (QED) is 0.769. The average Bonchev–Trinajstić information content (AvgIpc) is 3.10. The van der Waals surface area contributed by atoms with E-state index >= 15 is 0 Å². The van der Waals surface area contributed by atoms with Crippen molar-refractivity contribution in [2.75, 3.05) is 26.3 Å². The van der Waals surface area contributed by atoms with E-state index in [2.05, 4.69) is 11.5 Å². The summed E-state index contributed by atoms with van der Waals surface area (Å²) < 4.78 is 35.5. The summed E-state index contributed by atoms with van der Waals surface area (Å²) in [6.45, 7) is 5.69. The second-order valence-electron chi connectivity index (χ2n) is 7.94. The van der Waals surface area contributed by atoms with Crippen LogP contribution in [0.25, 0.3) is 0 Å². The van der Waals surface area contributed by atoms with Gasteiger partial charge in [0.1, 0.15) is 5.82 Å². The fraction of sp³-hybridized carbons (Fsp3) is 0.571. The smallest absolute Gasteiger partial charge is 0.243 e. The number of hydrogen-bond acceptors (Lipinski definition) is 4. The summed E-state index contributed by atoms with van der Waals surface area (Å²) in [5.74, 6) is 1.89. The molecule has 1 aromatic heterocycles. The van der Waals surface area contributed by atoms with Crippen molar-refractivity contribution >= 4 is 10.0 Å². The molecular weight excluding hydrogens is 374 g/mol. The molecule has 7 heteroatoms. The summed E-state index contributed by atoms with van der Waals surface area (Å²) in [5.41, 5.74) is 1.16. The van der Waals surface area contributed by atoms with Crippen molar-refractivity contribution in [3.63, 3.8) is 0 Å². The van der Waals surface area contributed by atoms with E-state index < -0.39 is 10.0 Å². The van der Waals surface area contributed by atoms with Crippen molar-refractivity contribution in [1.82, 2.24) is 13.9 Å². The molecule has 2 saturated heterocycles. The Labute approximate surface area is 167 Å². The Morgan fingerprint density at radius 3 is 2.64 bits per heavy atom. The molecule has 4 rings (SSSR count). The van der Waals surface area contributed by atoms with E-state index in [1.807, 2.05) is 12.3 Å². The number of ether oxygens (including phenoxy) is 1. The topological polar surface area (TPSA) is 64.4 Å². The third kappa shape index (κ3) is 4.02. The average molecular weight is 404 g/mol. The van der Waals surface area contributed by atoms with Gasteiger partial charge in [-0.3, -0.25) is 0 Å². The summed E-state index contributed by atoms with van der Waals surface area (Å²) in [6, 6.07) is 8.77. The van der Waals surface area contributed by atoms with E-state index in [-0.39, 0.29) is 0 Å². The third-order valence-electron chi connectivity index (χ3n) is 5.98. The number of benzene rings is 1. The first-order valence-electron chi connectivity index (χ1n) is 10.2. The van der Waals surface area contributed by atoms with Crippen molar-refractivity contribution in [2.45, 2.75) is 50.0 Å². The van der Waals surface area contributed by atoms with E-state index in [0.717, 1.165) is 57.0 Å². The van der Waals surface area contributed by atoms with Crippen molar-refractivity contribution in [1.29, 1.82) is 0 Å². The molecule has 152 valence electrons. The minimum Gasteiger partial charge on any atom is -0.381 e. The molecule has 0 spiro atoms. The molecule has 3 heterocycles. The lowest BCUT2D eigenvalue weighted by Crippen LogP contribution is -2.41. The van der Waals surface area contributed by atoms with Gasteiger partial charge in [0.25, 0.3) is 0 Å². The standard InChI is InChI=1S/C21H29N3O3S/c1-17-14-22-21(19-9-12-27-13-10-19)24(17)16-18-6-5-11-23(15-18)28(25,26)20-7-3-2-4-8-20/h2-4,7-8,14,18-19H,5-6,9-13,15-16H2,1H3. The van der Waals surface area contributed by atoms with Crippen LogP contribution in [0.15, 0.2) is 41.4 Å². The minimum absolute atomic E-state index is 0.304. The lowest BCUT2D eigenvalue weighted by molar-refractivity contribution is 0.0824. The molecule has 0 amide bonds.